The van der Waals surface area contributed by atoms with Crippen molar-refractivity contribution in [3.8, 4) is 0 Å². The molecule has 3 heteroatoms. The van der Waals surface area contributed by atoms with Crippen LogP contribution >= 0.6 is 0 Å². The van der Waals surface area contributed by atoms with Crippen LogP contribution in [0.4, 0.5) is 0 Å². The highest BCUT2D eigenvalue weighted by molar-refractivity contribution is 5.95. The summed E-state index contributed by atoms with van der Waals surface area (Å²) >= 11 is 0. The molecule has 1 atom stereocenters. The number of carbonyl (C=O) groups excluding carboxylic acids is 1. The lowest BCUT2D eigenvalue weighted by Gasteiger charge is -2.02. The first kappa shape index (κ1) is 5.28. The molecule has 1 heterocycles. The smallest absolute Gasteiger partial charge is 0.251 e. The van der Waals surface area contributed by atoms with Gasteiger partial charge in [-0.25, -0.2) is 0 Å². The van der Waals surface area contributed by atoms with Crippen LogP contribution in [0.1, 0.15) is 6.92 Å². The summed E-state index contributed by atoms with van der Waals surface area (Å²) in [6, 6.07) is -0.153. The molecular weight excluding hydrogens is 104 g/mol. The highest BCUT2D eigenvalue weighted by Crippen LogP contribution is 2.00. The van der Waals surface area contributed by atoms with Gasteiger partial charge in [0.25, 0.3) is 5.91 Å². The summed E-state index contributed by atoms with van der Waals surface area (Å²) in [5.41, 5.74) is 0. The van der Waals surface area contributed by atoms with E-state index in [0.29, 0.717) is 0 Å². The molecule has 0 fully saturated rings. The molecular formula is C5H8N2O. The number of hydrogen-bond donors (Lipinski definition) is 0. The zero-order chi connectivity index (χ0) is 6.15. The molecule has 1 aliphatic rings. The molecule has 0 saturated carbocycles. The van der Waals surface area contributed by atoms with Crippen molar-refractivity contribution in [3.05, 3.63) is 0 Å². The van der Waals surface area contributed by atoms with Crippen LogP contribution in [-0.2, 0) is 4.79 Å². The molecule has 3 nitrogen and oxygen atoms in total. The summed E-state index contributed by atoms with van der Waals surface area (Å²) in [5, 5.41) is 0. The number of hydrogen-bond acceptors (Lipinski definition) is 2. The number of rotatable bonds is 0. The van der Waals surface area contributed by atoms with Crippen LogP contribution in [0, 0.1) is 0 Å². The fraction of sp³-hybridized carbons (Fsp3) is 0.600. The van der Waals surface area contributed by atoms with Crippen LogP contribution in [0.25, 0.3) is 0 Å². The van der Waals surface area contributed by atoms with Crippen LogP contribution in [0.5, 0.6) is 0 Å². The van der Waals surface area contributed by atoms with Crippen molar-refractivity contribution in [3.63, 3.8) is 0 Å². The minimum Gasteiger partial charge on any atom is -0.305 e. The van der Waals surface area contributed by atoms with E-state index in [1.54, 1.807) is 20.3 Å². The first-order chi connectivity index (χ1) is 3.72. The van der Waals surface area contributed by atoms with Gasteiger partial charge in [0, 0.05) is 7.05 Å². The lowest BCUT2D eigenvalue weighted by Crippen LogP contribution is -2.25. The molecule has 0 spiro atoms. The fourth-order valence-electron chi connectivity index (χ4n) is 0.615. The molecule has 0 aromatic rings. The van der Waals surface area contributed by atoms with Gasteiger partial charge in [0.1, 0.15) is 6.04 Å². The molecule has 8 heavy (non-hydrogen) atoms. The largest absolute Gasteiger partial charge is 0.305 e. The molecule has 1 aliphatic heterocycles. The Morgan fingerprint density at radius 3 is 2.62 bits per heavy atom. The first-order valence-corrected chi connectivity index (χ1v) is 2.52. The average Bonchev–Trinajstić information content (AvgIpc) is 1.98. The Morgan fingerprint density at radius 1 is 1.88 bits per heavy atom. The Bertz CT molecular complexity index is 127. The first-order valence-electron chi connectivity index (χ1n) is 2.52. The van der Waals surface area contributed by atoms with Crippen LogP contribution in [0.3, 0.4) is 0 Å². The molecule has 1 rings (SSSR count). The van der Waals surface area contributed by atoms with Crippen LogP contribution in [0.15, 0.2) is 4.99 Å². The van der Waals surface area contributed by atoms with Crippen molar-refractivity contribution in [2.75, 3.05) is 7.05 Å². The van der Waals surface area contributed by atoms with E-state index in [0.717, 1.165) is 0 Å². The molecule has 0 bridgehead atoms. The van der Waals surface area contributed by atoms with Crippen molar-refractivity contribution in [1.29, 1.82) is 0 Å². The number of aliphatic imine (C=N–C) groups is 1. The van der Waals surface area contributed by atoms with Crippen molar-refractivity contribution >= 4 is 12.2 Å². The second-order valence-corrected chi connectivity index (χ2v) is 1.89. The van der Waals surface area contributed by atoms with E-state index >= 15 is 0 Å². The van der Waals surface area contributed by atoms with Gasteiger partial charge in [-0.2, -0.15) is 0 Å². The maximum Gasteiger partial charge on any atom is 0.251 e. The SMILES string of the molecule is CC1N=CN(C)C1=O. The van der Waals surface area contributed by atoms with Crippen molar-refractivity contribution in [1.82, 2.24) is 4.90 Å². The van der Waals surface area contributed by atoms with Crippen molar-refractivity contribution in [2.24, 2.45) is 4.99 Å². The average molecular weight is 112 g/mol. The lowest BCUT2D eigenvalue weighted by atomic mass is 10.3. The number of likely N-dealkylation sites (N-methyl/N-ethyl adjacent to an activating group) is 1. The predicted molar refractivity (Wildman–Crippen MR) is 30.7 cm³/mol. The van der Waals surface area contributed by atoms with Gasteiger partial charge in [0.15, 0.2) is 0 Å². The van der Waals surface area contributed by atoms with Gasteiger partial charge >= 0.3 is 0 Å². The summed E-state index contributed by atoms with van der Waals surface area (Å²) in [6.45, 7) is 1.78. The van der Waals surface area contributed by atoms with Gasteiger partial charge in [-0.1, -0.05) is 0 Å². The minimum atomic E-state index is -0.153. The van der Waals surface area contributed by atoms with E-state index in [-0.39, 0.29) is 11.9 Å². The van der Waals surface area contributed by atoms with E-state index in [9.17, 15) is 4.79 Å². The Labute approximate surface area is 48.0 Å². The van der Waals surface area contributed by atoms with Crippen LogP contribution in [-0.4, -0.2) is 30.2 Å². The van der Waals surface area contributed by atoms with Gasteiger partial charge in [-0.05, 0) is 6.92 Å². The Morgan fingerprint density at radius 2 is 2.50 bits per heavy atom. The molecule has 44 valence electrons. The third-order valence-electron chi connectivity index (χ3n) is 1.17. The van der Waals surface area contributed by atoms with E-state index < -0.39 is 0 Å². The highest BCUT2D eigenvalue weighted by atomic mass is 16.2. The fourth-order valence-corrected chi connectivity index (χ4v) is 0.615. The van der Waals surface area contributed by atoms with Crippen LogP contribution in [0.2, 0.25) is 0 Å². The second-order valence-electron chi connectivity index (χ2n) is 1.89. The Balaban J connectivity index is 2.70. The second kappa shape index (κ2) is 1.58. The quantitative estimate of drug-likeness (QED) is 0.430. The number of nitrogens with zero attached hydrogens (tertiary/aromatic N) is 2. The van der Waals surface area contributed by atoms with Gasteiger partial charge in [-0.15, -0.1) is 0 Å². The van der Waals surface area contributed by atoms with E-state index in [1.807, 2.05) is 0 Å². The van der Waals surface area contributed by atoms with Gasteiger partial charge < -0.3 is 4.90 Å². The van der Waals surface area contributed by atoms with Crippen molar-refractivity contribution < 1.29 is 4.79 Å². The predicted octanol–water partition coefficient (Wildman–Crippen LogP) is -0.125. The maximum atomic E-state index is 10.7. The summed E-state index contributed by atoms with van der Waals surface area (Å²) in [7, 11) is 1.70. The van der Waals surface area contributed by atoms with E-state index in [1.165, 1.54) is 4.90 Å². The summed E-state index contributed by atoms with van der Waals surface area (Å²) in [4.78, 5) is 16.0. The molecule has 0 aliphatic carbocycles. The zero-order valence-corrected chi connectivity index (χ0v) is 4.96. The zero-order valence-electron chi connectivity index (χ0n) is 4.96. The lowest BCUT2D eigenvalue weighted by molar-refractivity contribution is -0.125. The Hall–Kier alpha value is -0.860. The summed E-state index contributed by atoms with van der Waals surface area (Å²) in [6.07, 6.45) is 1.55. The topological polar surface area (TPSA) is 32.7 Å². The molecule has 0 N–H and O–H groups in total. The monoisotopic (exact) mass is 112 g/mol. The van der Waals surface area contributed by atoms with Crippen LogP contribution < -0.4 is 0 Å². The highest BCUT2D eigenvalue weighted by Gasteiger charge is 2.19. The minimum absolute atomic E-state index is 0.0741. The van der Waals surface area contributed by atoms with Crippen molar-refractivity contribution in [2.45, 2.75) is 13.0 Å². The number of amides is 1. The maximum absolute atomic E-state index is 10.7. The van der Waals surface area contributed by atoms with Gasteiger partial charge in [-0.3, -0.25) is 9.79 Å². The number of carbonyl (C=O) groups is 1. The Kier molecular flexibility index (Phi) is 1.04. The molecule has 0 aromatic heterocycles. The summed E-state index contributed by atoms with van der Waals surface area (Å²) in [5.74, 6) is 0.0741. The summed E-state index contributed by atoms with van der Waals surface area (Å²) < 4.78 is 0. The third kappa shape index (κ3) is 0.598. The molecule has 0 aromatic carbocycles. The molecule has 1 amide bonds. The third-order valence-corrected chi connectivity index (χ3v) is 1.17. The normalized spacial score (nSPS) is 27.5. The van der Waals surface area contributed by atoms with E-state index in [2.05, 4.69) is 4.99 Å². The molecule has 0 saturated heterocycles. The van der Waals surface area contributed by atoms with Gasteiger partial charge in [0.2, 0.25) is 0 Å². The standard InChI is InChI=1S/C5H8N2O/c1-4-5(8)7(2)3-6-4/h3-4H,1-2H3. The molecule has 0 radical (unpaired) electrons. The molecule has 1 unspecified atom stereocenters. The van der Waals surface area contributed by atoms with Gasteiger partial charge in [0.05, 0.1) is 6.34 Å². The van der Waals surface area contributed by atoms with E-state index in [4.69, 9.17) is 0 Å².